The van der Waals surface area contributed by atoms with E-state index < -0.39 is 0 Å². The molecule has 3 aromatic heterocycles. The van der Waals surface area contributed by atoms with Gasteiger partial charge in [-0.25, -0.2) is 0 Å². The van der Waals surface area contributed by atoms with E-state index in [1.807, 2.05) is 22.7 Å². The first-order valence-electron chi connectivity index (χ1n) is 15.3. The van der Waals surface area contributed by atoms with E-state index in [1.54, 1.807) is 0 Å². The van der Waals surface area contributed by atoms with E-state index in [9.17, 15) is 0 Å². The van der Waals surface area contributed by atoms with E-state index in [-0.39, 0.29) is 0 Å². The molecule has 0 radical (unpaired) electrons. The fourth-order valence-corrected chi connectivity index (χ4v) is 9.72. The molecule has 0 N–H and O–H groups in total. The summed E-state index contributed by atoms with van der Waals surface area (Å²) in [5.74, 6) is 0. The number of rotatable bonds is 3. The van der Waals surface area contributed by atoms with Crippen LogP contribution in [0.3, 0.4) is 0 Å². The third kappa shape index (κ3) is 3.72. The lowest BCUT2D eigenvalue weighted by Gasteiger charge is -2.09. The minimum Gasteiger partial charge on any atom is -0.309 e. The molecule has 0 unspecified atom stereocenters. The third-order valence-corrected chi connectivity index (χ3v) is 11.6. The zero-order valence-electron chi connectivity index (χ0n) is 24.2. The van der Waals surface area contributed by atoms with Gasteiger partial charge in [-0.15, -0.1) is 22.7 Å². The Balaban J connectivity index is 1.10. The van der Waals surface area contributed by atoms with Crippen LogP contribution in [0.15, 0.2) is 152 Å². The zero-order chi connectivity index (χ0) is 29.5. The van der Waals surface area contributed by atoms with Gasteiger partial charge in [-0.05, 0) is 64.7 Å². The van der Waals surface area contributed by atoms with E-state index in [0.717, 1.165) is 0 Å². The monoisotopic (exact) mass is 607 g/mol. The molecule has 45 heavy (non-hydrogen) atoms. The van der Waals surface area contributed by atoms with Crippen LogP contribution in [0, 0.1) is 0 Å². The Morgan fingerprint density at radius 3 is 1.96 bits per heavy atom. The van der Waals surface area contributed by atoms with E-state index >= 15 is 0 Å². The van der Waals surface area contributed by atoms with Gasteiger partial charge in [0.25, 0.3) is 0 Å². The number of thiophene rings is 2. The average molecular weight is 608 g/mol. The van der Waals surface area contributed by atoms with Crippen molar-refractivity contribution in [3.63, 3.8) is 0 Å². The molecule has 3 heteroatoms. The van der Waals surface area contributed by atoms with Crippen molar-refractivity contribution in [3.8, 4) is 27.9 Å². The zero-order valence-corrected chi connectivity index (χ0v) is 25.8. The molecule has 3 heterocycles. The molecule has 0 fully saturated rings. The first-order valence-corrected chi connectivity index (χ1v) is 16.9. The Kier molecular flexibility index (Phi) is 5.39. The molecule has 0 spiro atoms. The number of fused-ring (bicyclic) bond motifs is 10. The molecular formula is C42H25NS2. The van der Waals surface area contributed by atoms with Gasteiger partial charge in [0.2, 0.25) is 0 Å². The van der Waals surface area contributed by atoms with E-state index in [4.69, 9.17) is 0 Å². The summed E-state index contributed by atoms with van der Waals surface area (Å²) in [5.41, 5.74) is 8.66. The maximum atomic E-state index is 2.37. The molecule has 0 aliphatic carbocycles. The highest BCUT2D eigenvalue weighted by atomic mass is 32.1. The van der Waals surface area contributed by atoms with Gasteiger partial charge in [0.15, 0.2) is 0 Å². The molecule has 0 bridgehead atoms. The number of nitrogens with zero attached hydrogens (tertiary/aromatic N) is 1. The van der Waals surface area contributed by atoms with Crippen molar-refractivity contribution < 1.29 is 0 Å². The van der Waals surface area contributed by atoms with Gasteiger partial charge in [0.1, 0.15) is 0 Å². The van der Waals surface area contributed by atoms with Gasteiger partial charge in [-0.3, -0.25) is 0 Å². The number of benzene rings is 7. The van der Waals surface area contributed by atoms with Crippen molar-refractivity contribution in [2.24, 2.45) is 0 Å². The quantitative estimate of drug-likeness (QED) is 0.188. The maximum Gasteiger partial charge on any atom is 0.0541 e. The predicted molar refractivity (Wildman–Crippen MR) is 197 cm³/mol. The van der Waals surface area contributed by atoms with Gasteiger partial charge >= 0.3 is 0 Å². The summed E-state index contributed by atoms with van der Waals surface area (Å²) in [5, 5.41) is 8.02. The molecule has 0 aliphatic rings. The van der Waals surface area contributed by atoms with Crippen LogP contribution in [0.25, 0.3) is 90.1 Å². The number of aromatic nitrogens is 1. The van der Waals surface area contributed by atoms with Gasteiger partial charge in [0, 0.05) is 56.8 Å². The molecule has 0 aliphatic heterocycles. The van der Waals surface area contributed by atoms with Crippen LogP contribution in [0.2, 0.25) is 0 Å². The summed E-state index contributed by atoms with van der Waals surface area (Å²) < 4.78 is 7.85. The van der Waals surface area contributed by atoms with Gasteiger partial charge in [0.05, 0.1) is 11.0 Å². The maximum absolute atomic E-state index is 2.37. The van der Waals surface area contributed by atoms with E-state index in [0.29, 0.717) is 0 Å². The molecule has 0 saturated carbocycles. The highest BCUT2D eigenvalue weighted by Gasteiger charge is 2.16. The molecule has 1 nitrogen and oxygen atoms in total. The molecule has 10 rings (SSSR count). The Labute approximate surface area is 267 Å². The second-order valence-electron chi connectivity index (χ2n) is 11.7. The minimum absolute atomic E-state index is 1.18. The smallest absolute Gasteiger partial charge is 0.0541 e. The second kappa shape index (κ2) is 9.64. The Bertz CT molecular complexity index is 2740. The van der Waals surface area contributed by atoms with E-state index in [2.05, 4.69) is 156 Å². The molecular weight excluding hydrogens is 583 g/mol. The van der Waals surface area contributed by atoms with Crippen molar-refractivity contribution >= 4 is 84.8 Å². The van der Waals surface area contributed by atoms with Crippen LogP contribution in [0.1, 0.15) is 0 Å². The predicted octanol–water partition coefficient (Wildman–Crippen LogP) is 12.9. The summed E-state index contributed by atoms with van der Waals surface area (Å²) >= 11 is 3.83. The highest BCUT2D eigenvalue weighted by Crippen LogP contribution is 2.46. The standard InChI is InChI=1S/C42H25NS2/c1-2-9-29(10-3-1)43-36-15-6-4-11-31(36)35-25-28(21-23-37(35)43)26-17-19-27(20-18-26)30-13-8-14-32-33-22-24-39-40(42(33)45-41(30)32)34-12-5-7-16-38(34)44-39/h1-25H. The number of hydrogen-bond donors (Lipinski definition) is 0. The van der Waals surface area contributed by atoms with Crippen molar-refractivity contribution in [1.82, 2.24) is 4.57 Å². The molecule has 0 saturated heterocycles. The molecule has 0 amide bonds. The summed E-state index contributed by atoms with van der Waals surface area (Å²) in [6.07, 6.45) is 0. The molecule has 7 aromatic carbocycles. The van der Waals surface area contributed by atoms with Crippen LogP contribution < -0.4 is 0 Å². The van der Waals surface area contributed by atoms with E-state index in [1.165, 1.54) is 90.1 Å². The normalized spacial score (nSPS) is 12.0. The highest BCUT2D eigenvalue weighted by molar-refractivity contribution is 7.30. The van der Waals surface area contributed by atoms with Gasteiger partial charge < -0.3 is 4.57 Å². The molecule has 210 valence electrons. The first kappa shape index (κ1) is 25.1. The SMILES string of the molecule is c1ccc(-n2c3ccccc3c3cc(-c4ccc(-c5cccc6c5sc5c6ccc6sc7ccccc7c65)cc4)ccc32)cc1. The topological polar surface area (TPSA) is 4.93 Å². The van der Waals surface area contributed by atoms with Crippen LogP contribution >= 0.6 is 22.7 Å². The summed E-state index contributed by atoms with van der Waals surface area (Å²) in [6, 6.07) is 55.6. The average Bonchev–Trinajstić information content (AvgIpc) is 3.78. The fourth-order valence-electron chi connectivity index (χ4n) is 7.14. The summed E-state index contributed by atoms with van der Waals surface area (Å²) in [7, 11) is 0. The Morgan fingerprint density at radius 2 is 1.07 bits per heavy atom. The largest absolute Gasteiger partial charge is 0.309 e. The van der Waals surface area contributed by atoms with Crippen molar-refractivity contribution in [3.05, 3.63) is 152 Å². The van der Waals surface area contributed by atoms with Crippen molar-refractivity contribution in [2.75, 3.05) is 0 Å². The van der Waals surface area contributed by atoms with Crippen LogP contribution in [0.5, 0.6) is 0 Å². The number of para-hydroxylation sites is 2. The molecule has 10 aromatic rings. The molecule has 0 atom stereocenters. The van der Waals surface area contributed by atoms with Gasteiger partial charge in [-0.2, -0.15) is 0 Å². The summed E-state index contributed by atoms with van der Waals surface area (Å²) in [6.45, 7) is 0. The lowest BCUT2D eigenvalue weighted by Crippen LogP contribution is -1.92. The fraction of sp³-hybridized carbons (Fsp3) is 0. The Morgan fingerprint density at radius 1 is 0.378 bits per heavy atom. The van der Waals surface area contributed by atoms with Crippen molar-refractivity contribution in [1.29, 1.82) is 0 Å². The second-order valence-corrected chi connectivity index (χ2v) is 13.8. The minimum atomic E-state index is 1.18. The lowest BCUT2D eigenvalue weighted by atomic mass is 9.98. The van der Waals surface area contributed by atoms with Crippen molar-refractivity contribution in [2.45, 2.75) is 0 Å². The Hall–Kier alpha value is -5.22. The van der Waals surface area contributed by atoms with Crippen LogP contribution in [-0.4, -0.2) is 4.57 Å². The van der Waals surface area contributed by atoms with Crippen LogP contribution in [-0.2, 0) is 0 Å². The third-order valence-electron chi connectivity index (χ3n) is 9.22. The lowest BCUT2D eigenvalue weighted by molar-refractivity contribution is 1.18. The first-order chi connectivity index (χ1) is 22.3. The van der Waals surface area contributed by atoms with Gasteiger partial charge in [-0.1, -0.05) is 109 Å². The summed E-state index contributed by atoms with van der Waals surface area (Å²) in [4.78, 5) is 0. The van der Waals surface area contributed by atoms with Crippen LogP contribution in [0.4, 0.5) is 0 Å². The number of hydrogen-bond acceptors (Lipinski definition) is 2.